The van der Waals surface area contributed by atoms with E-state index in [-0.39, 0.29) is 24.5 Å². The van der Waals surface area contributed by atoms with Gasteiger partial charge in [0.15, 0.2) is 0 Å². The highest BCUT2D eigenvalue weighted by Crippen LogP contribution is 2.34. The summed E-state index contributed by atoms with van der Waals surface area (Å²) >= 11 is 6.45. The summed E-state index contributed by atoms with van der Waals surface area (Å²) in [6.07, 6.45) is 4.59. The first-order valence-corrected chi connectivity index (χ1v) is 11.9. The molecule has 188 valence electrons. The maximum absolute atomic E-state index is 13.0. The second-order valence-corrected chi connectivity index (χ2v) is 9.22. The number of anilines is 1. The Morgan fingerprint density at radius 2 is 1.76 bits per heavy atom. The molecule has 0 spiro atoms. The first kappa shape index (κ1) is 27.5. The van der Waals surface area contributed by atoms with E-state index in [1.807, 2.05) is 13.0 Å². The number of carbonyl (C=O) groups is 2. The Labute approximate surface area is 205 Å². The average molecular weight is 494 g/mol. The van der Waals surface area contributed by atoms with Crippen molar-refractivity contribution >= 4 is 29.7 Å². The molecule has 1 aromatic carbocycles. The molecule has 0 radical (unpaired) electrons. The zero-order valence-corrected chi connectivity index (χ0v) is 21.3. The van der Waals surface area contributed by atoms with E-state index in [9.17, 15) is 9.59 Å². The number of nitrogens with one attached hydrogen (secondary N) is 3. The van der Waals surface area contributed by atoms with Gasteiger partial charge >= 0.3 is 0 Å². The average Bonchev–Trinajstić information content (AvgIpc) is 3.12. The second-order valence-electron chi connectivity index (χ2n) is 8.78. The fourth-order valence-corrected chi connectivity index (χ4v) is 4.87. The van der Waals surface area contributed by atoms with Crippen molar-refractivity contribution < 1.29 is 14.7 Å². The van der Waals surface area contributed by atoms with E-state index >= 15 is 0 Å². The molecule has 4 N–H and O–H groups in total. The van der Waals surface area contributed by atoms with Crippen molar-refractivity contribution in [1.29, 1.82) is 0 Å². The first-order chi connectivity index (χ1) is 16.1. The number of aromatic nitrogens is 2. The highest BCUT2D eigenvalue weighted by Gasteiger charge is 2.28. The third kappa shape index (κ3) is 6.64. The van der Waals surface area contributed by atoms with Crippen molar-refractivity contribution in [2.24, 2.45) is 0 Å². The number of benzene rings is 1. The maximum atomic E-state index is 13.0. The lowest BCUT2D eigenvalue weighted by atomic mass is 9.89. The zero-order valence-electron chi connectivity index (χ0n) is 20.6. The number of H-pyrrole nitrogens is 2. The number of amides is 1. The van der Waals surface area contributed by atoms with Crippen LogP contribution in [-0.4, -0.2) is 65.3 Å². The van der Waals surface area contributed by atoms with Gasteiger partial charge in [-0.2, -0.15) is 0 Å². The van der Waals surface area contributed by atoms with Crippen LogP contribution in [0.4, 0.5) is 5.69 Å². The van der Waals surface area contributed by atoms with Gasteiger partial charge in [0.05, 0.1) is 12.1 Å². The lowest BCUT2D eigenvalue weighted by Gasteiger charge is -2.40. The van der Waals surface area contributed by atoms with Crippen LogP contribution < -0.4 is 15.8 Å². The molecule has 1 aliphatic rings. The summed E-state index contributed by atoms with van der Waals surface area (Å²) in [5.74, 6) is -0.228. The number of hydrogen-bond acceptors (Lipinski definition) is 5. The highest BCUT2D eigenvalue weighted by atomic mass is 35.5. The zero-order chi connectivity index (χ0) is 25.4. The summed E-state index contributed by atoms with van der Waals surface area (Å²) in [4.78, 5) is 37.9. The second kappa shape index (κ2) is 12.6. The number of halogens is 1. The van der Waals surface area contributed by atoms with E-state index in [0.29, 0.717) is 28.2 Å². The molecule has 1 saturated carbocycles. The van der Waals surface area contributed by atoms with E-state index in [0.717, 1.165) is 36.3 Å². The Hall–Kier alpha value is -2.78. The predicted octanol–water partition coefficient (Wildman–Crippen LogP) is 3.30. The maximum Gasteiger partial charge on any atom is 0.290 e. The Morgan fingerprint density at radius 3 is 2.26 bits per heavy atom. The molecule has 1 heterocycles. The molecule has 0 atom stereocenters. The van der Waals surface area contributed by atoms with Gasteiger partial charge in [0, 0.05) is 40.6 Å². The van der Waals surface area contributed by atoms with Crippen LogP contribution in [0.25, 0.3) is 0 Å². The number of rotatable bonds is 7. The Bertz CT molecular complexity index is 1020. The summed E-state index contributed by atoms with van der Waals surface area (Å²) in [7, 11) is 4.30. The molecule has 1 fully saturated rings. The van der Waals surface area contributed by atoms with Crippen LogP contribution in [0.2, 0.25) is 5.02 Å². The molecule has 3 rings (SSSR count). The van der Waals surface area contributed by atoms with Crippen LogP contribution in [0, 0.1) is 13.8 Å². The topological polar surface area (TPSA) is 122 Å². The van der Waals surface area contributed by atoms with Crippen molar-refractivity contribution in [2.75, 3.05) is 25.5 Å². The van der Waals surface area contributed by atoms with Crippen LogP contribution in [-0.2, 0) is 11.3 Å². The van der Waals surface area contributed by atoms with Gasteiger partial charge in [-0.15, -0.1) is 0 Å². The van der Waals surface area contributed by atoms with Crippen molar-refractivity contribution in [3.8, 4) is 0 Å². The monoisotopic (exact) mass is 493 g/mol. The van der Waals surface area contributed by atoms with Gasteiger partial charge < -0.3 is 25.3 Å². The minimum absolute atomic E-state index is 0.164. The molecule has 0 unspecified atom stereocenters. The van der Waals surface area contributed by atoms with Crippen molar-refractivity contribution in [1.82, 2.24) is 20.4 Å². The first-order valence-electron chi connectivity index (χ1n) is 11.5. The molecule has 1 aromatic heterocycles. The molecule has 0 saturated heterocycles. The molecule has 0 aliphatic heterocycles. The molecule has 1 aliphatic carbocycles. The summed E-state index contributed by atoms with van der Waals surface area (Å²) in [6.45, 7) is 6.70. The molecule has 0 bridgehead atoms. The lowest BCUT2D eigenvalue weighted by Crippen LogP contribution is -2.42. The SMILES string of the molecule is CCN(c1cc(Cl)cc(C(=O)NCc2c(C)[nH][nH]c2=O)c1C)[C@H]1CC[C@H](N(C)C)CC1.O=CO. The molecule has 9 nitrogen and oxygen atoms in total. The van der Waals surface area contributed by atoms with Gasteiger partial charge in [0.25, 0.3) is 17.9 Å². The Balaban J connectivity index is 0.00000129. The third-order valence-electron chi connectivity index (χ3n) is 6.59. The van der Waals surface area contributed by atoms with E-state index in [2.05, 4.69) is 46.3 Å². The minimum atomic E-state index is -0.250. The number of hydrogen-bond donors (Lipinski definition) is 4. The highest BCUT2D eigenvalue weighted by molar-refractivity contribution is 6.31. The minimum Gasteiger partial charge on any atom is -0.483 e. The van der Waals surface area contributed by atoms with Crippen LogP contribution in [0.3, 0.4) is 0 Å². The number of nitrogens with zero attached hydrogens (tertiary/aromatic N) is 2. The van der Waals surface area contributed by atoms with E-state index in [1.54, 1.807) is 13.0 Å². The van der Waals surface area contributed by atoms with Crippen LogP contribution >= 0.6 is 11.6 Å². The fraction of sp³-hybridized carbons (Fsp3) is 0.542. The van der Waals surface area contributed by atoms with Gasteiger partial charge in [0.1, 0.15) is 0 Å². The number of carbonyl (C=O) groups excluding carboxylic acids is 1. The molecular weight excluding hydrogens is 458 g/mol. The fourth-order valence-electron chi connectivity index (χ4n) is 4.66. The van der Waals surface area contributed by atoms with Gasteiger partial charge in [-0.25, -0.2) is 0 Å². The molecular formula is C24H36ClN5O4. The smallest absolute Gasteiger partial charge is 0.290 e. The summed E-state index contributed by atoms with van der Waals surface area (Å²) in [5.41, 5.74) is 3.52. The number of aromatic amines is 2. The summed E-state index contributed by atoms with van der Waals surface area (Å²) in [6, 6.07) is 4.75. The largest absolute Gasteiger partial charge is 0.483 e. The van der Waals surface area contributed by atoms with Gasteiger partial charge in [-0.1, -0.05) is 11.6 Å². The van der Waals surface area contributed by atoms with Gasteiger partial charge in [-0.05, 0) is 78.2 Å². The molecule has 1 amide bonds. The van der Waals surface area contributed by atoms with Crippen molar-refractivity contribution in [3.05, 3.63) is 49.9 Å². The quantitative estimate of drug-likeness (QED) is 0.439. The van der Waals surface area contributed by atoms with Crippen LogP contribution in [0.1, 0.15) is 59.8 Å². The van der Waals surface area contributed by atoms with Gasteiger partial charge in [-0.3, -0.25) is 19.5 Å². The van der Waals surface area contributed by atoms with Gasteiger partial charge in [0.2, 0.25) is 0 Å². The summed E-state index contributed by atoms with van der Waals surface area (Å²) < 4.78 is 0. The van der Waals surface area contributed by atoms with Crippen LogP contribution in [0.15, 0.2) is 16.9 Å². The van der Waals surface area contributed by atoms with Crippen molar-refractivity contribution in [3.63, 3.8) is 0 Å². The Morgan fingerprint density at radius 1 is 1.18 bits per heavy atom. The van der Waals surface area contributed by atoms with E-state index in [4.69, 9.17) is 21.5 Å². The number of aryl methyl sites for hydroxylation is 1. The van der Waals surface area contributed by atoms with Crippen molar-refractivity contribution in [2.45, 2.75) is 65.1 Å². The molecule has 34 heavy (non-hydrogen) atoms. The van der Waals surface area contributed by atoms with Crippen LogP contribution in [0.5, 0.6) is 0 Å². The Kier molecular flexibility index (Phi) is 10.2. The number of carboxylic acid groups (broad SMARTS) is 1. The van der Waals surface area contributed by atoms with E-state index < -0.39 is 0 Å². The lowest BCUT2D eigenvalue weighted by molar-refractivity contribution is -0.122. The third-order valence-corrected chi connectivity index (χ3v) is 6.81. The predicted molar refractivity (Wildman–Crippen MR) is 135 cm³/mol. The summed E-state index contributed by atoms with van der Waals surface area (Å²) in [5, 5.41) is 15.6. The standard InChI is InChI=1S/C23H34ClN5O2.CH2O2/c1-6-29(18-9-7-17(8-10-18)28(4)5)21-12-16(24)11-19(14(21)2)22(30)25-13-20-15(3)26-27-23(20)31;2-1-3/h11-12,17-18H,6-10,13H2,1-5H3,(H,25,30)(H2,26,27,31);1H,(H,2,3)/t17-,18-;. The molecule has 2 aromatic rings. The molecule has 10 heteroatoms. The van der Waals surface area contributed by atoms with E-state index in [1.165, 1.54) is 12.8 Å². The normalized spacial score (nSPS) is 17.6.